The molecule has 2 aromatic rings. The van der Waals surface area contributed by atoms with Gasteiger partial charge in [-0.2, -0.15) is 0 Å². The summed E-state index contributed by atoms with van der Waals surface area (Å²) >= 11 is 0. The zero-order chi connectivity index (χ0) is 13.1. The first-order valence-corrected chi connectivity index (χ1v) is 5.31. The minimum Gasteiger partial charge on any atom is -0.287 e. The van der Waals surface area contributed by atoms with E-state index < -0.39 is 10.7 Å². The first-order chi connectivity index (χ1) is 8.61. The molecule has 0 fully saturated rings. The molecule has 1 heterocycles. The van der Waals surface area contributed by atoms with Gasteiger partial charge in [0.05, 0.1) is 4.92 Å². The van der Waals surface area contributed by atoms with Gasteiger partial charge in [0.2, 0.25) is 5.78 Å². The van der Waals surface area contributed by atoms with Gasteiger partial charge < -0.3 is 0 Å². The lowest BCUT2D eigenvalue weighted by molar-refractivity contribution is -0.385. The number of carbonyl (C=O) groups is 1. The quantitative estimate of drug-likeness (QED) is 0.471. The highest BCUT2D eigenvalue weighted by Crippen LogP contribution is 2.24. The number of aromatic nitrogens is 1. The molecule has 5 heteroatoms. The summed E-state index contributed by atoms with van der Waals surface area (Å²) in [5.41, 5.74) is 0.682. The van der Waals surface area contributed by atoms with Gasteiger partial charge >= 0.3 is 0 Å². The lowest BCUT2D eigenvalue weighted by Crippen LogP contribution is -2.09. The van der Waals surface area contributed by atoms with Gasteiger partial charge in [0.1, 0.15) is 11.3 Å². The van der Waals surface area contributed by atoms with Crippen LogP contribution >= 0.6 is 0 Å². The monoisotopic (exact) mass is 242 g/mol. The van der Waals surface area contributed by atoms with Gasteiger partial charge in [0.25, 0.3) is 5.69 Å². The van der Waals surface area contributed by atoms with Gasteiger partial charge in [0, 0.05) is 12.3 Å². The predicted octanol–water partition coefficient (Wildman–Crippen LogP) is 2.53. The molecule has 0 aliphatic rings. The number of hydrogen-bond donors (Lipinski definition) is 0. The molecule has 0 bridgehead atoms. The number of ketones is 1. The molecular formula is C13H10N2O3. The summed E-state index contributed by atoms with van der Waals surface area (Å²) in [6, 6.07) is 9.45. The van der Waals surface area contributed by atoms with Crippen molar-refractivity contribution in [2.75, 3.05) is 0 Å². The minimum atomic E-state index is -0.552. The van der Waals surface area contributed by atoms with Crippen LogP contribution in [0.15, 0.2) is 42.6 Å². The largest absolute Gasteiger partial charge is 0.287 e. The first-order valence-electron chi connectivity index (χ1n) is 5.31. The summed E-state index contributed by atoms with van der Waals surface area (Å²) in [4.78, 5) is 26.5. The van der Waals surface area contributed by atoms with E-state index in [0.717, 1.165) is 0 Å². The van der Waals surface area contributed by atoms with E-state index in [9.17, 15) is 14.9 Å². The Morgan fingerprint density at radius 2 is 2.00 bits per heavy atom. The first kappa shape index (κ1) is 11.9. The predicted molar refractivity (Wildman–Crippen MR) is 65.5 cm³/mol. The molecule has 1 aromatic carbocycles. The van der Waals surface area contributed by atoms with Gasteiger partial charge in [0.15, 0.2) is 0 Å². The molecule has 2 rings (SSSR count). The number of pyridine rings is 1. The van der Waals surface area contributed by atoms with E-state index >= 15 is 0 Å². The highest BCUT2D eigenvalue weighted by Gasteiger charge is 2.23. The maximum absolute atomic E-state index is 12.2. The molecule has 0 saturated heterocycles. The van der Waals surface area contributed by atoms with Crippen molar-refractivity contribution < 1.29 is 9.72 Å². The number of benzene rings is 1. The smallest absolute Gasteiger partial charge is 0.280 e. The van der Waals surface area contributed by atoms with Crippen molar-refractivity contribution in [1.29, 1.82) is 0 Å². The highest BCUT2D eigenvalue weighted by atomic mass is 16.6. The molecule has 18 heavy (non-hydrogen) atoms. The molecule has 0 amide bonds. The van der Waals surface area contributed by atoms with Gasteiger partial charge in [-0.3, -0.25) is 19.9 Å². The summed E-state index contributed by atoms with van der Waals surface area (Å²) in [5, 5.41) is 10.9. The van der Waals surface area contributed by atoms with Crippen LogP contribution in [0.25, 0.3) is 0 Å². The molecule has 0 spiro atoms. The Morgan fingerprint density at radius 3 is 2.61 bits per heavy atom. The molecule has 0 saturated carbocycles. The van der Waals surface area contributed by atoms with Crippen LogP contribution in [0.5, 0.6) is 0 Å². The van der Waals surface area contributed by atoms with Crippen LogP contribution in [0.3, 0.4) is 0 Å². The SMILES string of the molecule is Cc1cccc([N+](=O)[O-])c1C(=O)c1ccccn1. The summed E-state index contributed by atoms with van der Waals surface area (Å²) in [7, 11) is 0. The second-order valence-electron chi connectivity index (χ2n) is 3.77. The van der Waals surface area contributed by atoms with Crippen molar-refractivity contribution in [3.8, 4) is 0 Å². The second kappa shape index (κ2) is 4.75. The minimum absolute atomic E-state index is 0.0983. The number of aryl methyl sites for hydroxylation is 1. The van der Waals surface area contributed by atoms with Crippen molar-refractivity contribution in [1.82, 2.24) is 4.98 Å². The fourth-order valence-corrected chi connectivity index (χ4v) is 1.72. The second-order valence-corrected chi connectivity index (χ2v) is 3.77. The van der Waals surface area contributed by atoms with Crippen LogP contribution in [-0.4, -0.2) is 15.7 Å². The summed E-state index contributed by atoms with van der Waals surface area (Å²) in [6.45, 7) is 1.67. The van der Waals surface area contributed by atoms with E-state index in [1.54, 1.807) is 37.3 Å². The average molecular weight is 242 g/mol. The lowest BCUT2D eigenvalue weighted by atomic mass is 10.0. The number of carbonyl (C=O) groups excluding carboxylic acids is 1. The van der Waals surface area contributed by atoms with Gasteiger partial charge in [-0.1, -0.05) is 18.2 Å². The number of nitro groups is 1. The fourth-order valence-electron chi connectivity index (χ4n) is 1.72. The summed E-state index contributed by atoms with van der Waals surface area (Å²) in [5.74, 6) is -0.430. The van der Waals surface area contributed by atoms with E-state index in [0.29, 0.717) is 5.56 Å². The number of hydrogen-bond acceptors (Lipinski definition) is 4. The number of nitrogens with zero attached hydrogens (tertiary/aromatic N) is 2. The molecular weight excluding hydrogens is 232 g/mol. The van der Waals surface area contributed by atoms with Crippen LogP contribution in [0.2, 0.25) is 0 Å². The van der Waals surface area contributed by atoms with Crippen molar-refractivity contribution in [2.24, 2.45) is 0 Å². The Morgan fingerprint density at radius 1 is 1.22 bits per heavy atom. The summed E-state index contributed by atoms with van der Waals surface area (Å²) in [6.07, 6.45) is 1.48. The van der Waals surface area contributed by atoms with E-state index in [2.05, 4.69) is 4.98 Å². The Bertz CT molecular complexity index is 609. The van der Waals surface area contributed by atoms with Crippen LogP contribution in [0.4, 0.5) is 5.69 Å². The molecule has 0 N–H and O–H groups in total. The normalized spacial score (nSPS) is 10.1. The molecule has 0 unspecified atom stereocenters. The standard InChI is InChI=1S/C13H10N2O3/c1-9-5-4-7-11(15(17)18)12(9)13(16)10-6-2-3-8-14-10/h2-8H,1H3. The van der Waals surface area contributed by atoms with Crippen LogP contribution in [0, 0.1) is 17.0 Å². The third-order valence-corrected chi connectivity index (χ3v) is 2.57. The third kappa shape index (κ3) is 2.10. The van der Waals surface area contributed by atoms with Crippen LogP contribution in [0.1, 0.15) is 21.6 Å². The molecule has 5 nitrogen and oxygen atoms in total. The maximum Gasteiger partial charge on any atom is 0.280 e. The van der Waals surface area contributed by atoms with Crippen molar-refractivity contribution in [3.63, 3.8) is 0 Å². The van der Waals surface area contributed by atoms with E-state index in [4.69, 9.17) is 0 Å². The molecule has 1 aromatic heterocycles. The van der Waals surface area contributed by atoms with Crippen molar-refractivity contribution in [2.45, 2.75) is 6.92 Å². The van der Waals surface area contributed by atoms with Gasteiger partial charge in [-0.15, -0.1) is 0 Å². The number of nitro benzene ring substituents is 1. The Kier molecular flexibility index (Phi) is 3.14. The maximum atomic E-state index is 12.2. The fraction of sp³-hybridized carbons (Fsp3) is 0.0769. The lowest BCUT2D eigenvalue weighted by Gasteiger charge is -2.05. The Balaban J connectivity index is 2.58. The number of rotatable bonds is 3. The zero-order valence-electron chi connectivity index (χ0n) is 9.66. The zero-order valence-corrected chi connectivity index (χ0v) is 9.66. The van der Waals surface area contributed by atoms with E-state index in [1.165, 1.54) is 12.3 Å². The average Bonchev–Trinajstić information content (AvgIpc) is 2.38. The molecule has 0 aliphatic heterocycles. The van der Waals surface area contributed by atoms with Crippen LogP contribution < -0.4 is 0 Å². The molecule has 0 radical (unpaired) electrons. The Hall–Kier alpha value is -2.56. The molecule has 90 valence electrons. The van der Waals surface area contributed by atoms with Gasteiger partial charge in [-0.25, -0.2) is 0 Å². The topological polar surface area (TPSA) is 73.1 Å². The Labute approximate surface area is 103 Å². The van der Waals surface area contributed by atoms with E-state index in [-0.39, 0.29) is 16.9 Å². The van der Waals surface area contributed by atoms with E-state index in [1.807, 2.05) is 0 Å². The summed E-state index contributed by atoms with van der Waals surface area (Å²) < 4.78 is 0. The highest BCUT2D eigenvalue weighted by molar-refractivity contribution is 6.11. The van der Waals surface area contributed by atoms with Gasteiger partial charge in [-0.05, 0) is 24.6 Å². The molecule has 0 aliphatic carbocycles. The van der Waals surface area contributed by atoms with Crippen LogP contribution in [-0.2, 0) is 0 Å². The van der Waals surface area contributed by atoms with Crippen molar-refractivity contribution >= 4 is 11.5 Å². The van der Waals surface area contributed by atoms with Crippen molar-refractivity contribution in [3.05, 3.63) is 69.5 Å². The third-order valence-electron chi connectivity index (χ3n) is 2.57. The molecule has 0 atom stereocenters.